The van der Waals surface area contributed by atoms with Gasteiger partial charge in [-0.25, -0.2) is 4.79 Å². The Balaban J connectivity index is 3.18. The maximum Gasteiger partial charge on any atom is 0.471 e. The van der Waals surface area contributed by atoms with Gasteiger partial charge in [-0.15, -0.1) is 0 Å². The maximum atomic E-state index is 12.9. The van der Waals surface area contributed by atoms with E-state index in [1.54, 1.807) is 0 Å². The summed E-state index contributed by atoms with van der Waals surface area (Å²) >= 11 is 0. The van der Waals surface area contributed by atoms with Crippen molar-refractivity contribution in [1.82, 2.24) is 5.32 Å². The molecule has 1 unspecified atom stereocenters. The minimum absolute atomic E-state index is 0.218. The van der Waals surface area contributed by atoms with E-state index < -0.39 is 35.7 Å². The number of carbonyl (C=O) groups is 2. The van der Waals surface area contributed by atoms with E-state index in [2.05, 4.69) is 0 Å². The molecule has 10 heteroatoms. The molecule has 0 aromatic rings. The third-order valence-corrected chi connectivity index (χ3v) is 3.07. The van der Waals surface area contributed by atoms with Crippen LogP contribution in [-0.4, -0.2) is 34.9 Å². The van der Waals surface area contributed by atoms with Crippen LogP contribution >= 0.6 is 0 Å². The number of rotatable bonds is 3. The fraction of sp³-hybridized carbons (Fsp3) is 0.778. The molecule has 0 aromatic carbocycles. The number of aliphatic carboxylic acids is 1. The molecule has 1 atom stereocenters. The van der Waals surface area contributed by atoms with Crippen molar-refractivity contribution in [3.63, 3.8) is 0 Å². The smallest absolute Gasteiger partial charge is 0.471 e. The Hall–Kier alpha value is -1.48. The van der Waals surface area contributed by atoms with Crippen LogP contribution in [0.25, 0.3) is 0 Å². The van der Waals surface area contributed by atoms with Crippen LogP contribution in [0, 0.1) is 5.92 Å². The van der Waals surface area contributed by atoms with E-state index in [1.807, 2.05) is 0 Å². The van der Waals surface area contributed by atoms with Crippen molar-refractivity contribution in [1.29, 1.82) is 0 Å². The molecule has 19 heavy (non-hydrogen) atoms. The second-order valence-corrected chi connectivity index (χ2v) is 4.19. The highest BCUT2D eigenvalue weighted by Crippen LogP contribution is 2.46. The summed E-state index contributed by atoms with van der Waals surface area (Å²) in [5.74, 6) is -7.06. The lowest BCUT2D eigenvalue weighted by Crippen LogP contribution is -2.70. The third-order valence-electron chi connectivity index (χ3n) is 3.07. The topological polar surface area (TPSA) is 66.4 Å². The Morgan fingerprint density at radius 3 is 1.74 bits per heavy atom. The number of nitrogens with one attached hydrogen (secondary N) is 1. The highest BCUT2D eigenvalue weighted by Gasteiger charge is 2.68. The summed E-state index contributed by atoms with van der Waals surface area (Å²) in [6.07, 6.45) is -11.3. The molecule has 0 aliphatic heterocycles. The quantitative estimate of drug-likeness (QED) is 0.780. The van der Waals surface area contributed by atoms with Gasteiger partial charge in [0.15, 0.2) is 0 Å². The van der Waals surface area contributed by atoms with Gasteiger partial charge in [-0.2, -0.15) is 26.3 Å². The van der Waals surface area contributed by atoms with Crippen LogP contribution in [0.5, 0.6) is 0 Å². The monoisotopic (exact) mass is 293 g/mol. The second-order valence-electron chi connectivity index (χ2n) is 4.19. The maximum absolute atomic E-state index is 12.9. The second kappa shape index (κ2) is 4.57. The standard InChI is InChI=1S/C9H9F6NO3/c10-8(11,12)5(17)16-7(6(18)19,9(13,14)15)4-2-1-3-4/h4H,1-3H2,(H,16,17)(H,18,19). The molecule has 1 saturated carbocycles. The first kappa shape index (κ1) is 15.6. The highest BCUT2D eigenvalue weighted by atomic mass is 19.4. The largest absolute Gasteiger partial charge is 0.479 e. The fourth-order valence-electron chi connectivity index (χ4n) is 1.84. The van der Waals surface area contributed by atoms with Gasteiger partial charge in [-0.1, -0.05) is 6.42 Å². The molecule has 0 radical (unpaired) electrons. The zero-order valence-corrected chi connectivity index (χ0v) is 9.23. The van der Waals surface area contributed by atoms with Crippen molar-refractivity contribution in [2.24, 2.45) is 5.92 Å². The van der Waals surface area contributed by atoms with Crippen molar-refractivity contribution < 1.29 is 41.0 Å². The summed E-state index contributed by atoms with van der Waals surface area (Å²) in [5, 5.41) is 9.33. The fourth-order valence-corrected chi connectivity index (χ4v) is 1.84. The number of hydrogen-bond acceptors (Lipinski definition) is 2. The van der Waals surface area contributed by atoms with Crippen LogP contribution in [0.2, 0.25) is 0 Å². The average molecular weight is 293 g/mol. The predicted molar refractivity (Wildman–Crippen MR) is 48.0 cm³/mol. The molecule has 4 nitrogen and oxygen atoms in total. The van der Waals surface area contributed by atoms with Crippen molar-refractivity contribution >= 4 is 11.9 Å². The molecule has 1 fully saturated rings. The lowest BCUT2D eigenvalue weighted by molar-refractivity contribution is -0.234. The Morgan fingerprint density at radius 2 is 1.53 bits per heavy atom. The summed E-state index contributed by atoms with van der Waals surface area (Å²) in [6, 6.07) is 0. The molecule has 0 saturated heterocycles. The van der Waals surface area contributed by atoms with Gasteiger partial charge in [0.25, 0.3) is 0 Å². The van der Waals surface area contributed by atoms with Gasteiger partial charge in [0, 0.05) is 5.92 Å². The van der Waals surface area contributed by atoms with E-state index in [0.717, 1.165) is 0 Å². The molecular formula is C9H9F6NO3. The Labute approximate surface area is 102 Å². The minimum atomic E-state index is -5.59. The van der Waals surface area contributed by atoms with Crippen LogP contribution in [0.4, 0.5) is 26.3 Å². The third kappa shape index (κ3) is 2.61. The van der Waals surface area contributed by atoms with E-state index in [-0.39, 0.29) is 19.3 Å². The van der Waals surface area contributed by atoms with Gasteiger partial charge < -0.3 is 10.4 Å². The number of alkyl halides is 6. The number of amides is 1. The van der Waals surface area contributed by atoms with Gasteiger partial charge in [0.05, 0.1) is 0 Å². The zero-order valence-electron chi connectivity index (χ0n) is 9.23. The molecule has 110 valence electrons. The van der Waals surface area contributed by atoms with Gasteiger partial charge >= 0.3 is 24.2 Å². The lowest BCUT2D eigenvalue weighted by atomic mass is 9.70. The Kier molecular flexibility index (Phi) is 3.74. The van der Waals surface area contributed by atoms with Gasteiger partial charge in [-0.3, -0.25) is 4.79 Å². The van der Waals surface area contributed by atoms with Gasteiger partial charge in [-0.05, 0) is 12.8 Å². The lowest BCUT2D eigenvalue weighted by Gasteiger charge is -2.43. The summed E-state index contributed by atoms with van der Waals surface area (Å²) in [7, 11) is 0. The molecule has 0 bridgehead atoms. The average Bonchev–Trinajstić information content (AvgIpc) is 2.09. The molecule has 1 aliphatic rings. The highest BCUT2D eigenvalue weighted by molar-refractivity contribution is 5.90. The van der Waals surface area contributed by atoms with E-state index in [1.165, 1.54) is 0 Å². The summed E-state index contributed by atoms with van der Waals surface area (Å²) < 4.78 is 74.8. The number of carboxylic acids is 1. The van der Waals surface area contributed by atoms with E-state index >= 15 is 0 Å². The summed E-state index contributed by atoms with van der Waals surface area (Å²) in [4.78, 5) is 21.5. The van der Waals surface area contributed by atoms with E-state index in [9.17, 15) is 35.9 Å². The van der Waals surface area contributed by atoms with Crippen molar-refractivity contribution in [3.8, 4) is 0 Å². The Bertz CT molecular complexity index is 386. The Morgan fingerprint density at radius 1 is 1.05 bits per heavy atom. The van der Waals surface area contributed by atoms with Crippen LogP contribution in [-0.2, 0) is 9.59 Å². The van der Waals surface area contributed by atoms with E-state index in [4.69, 9.17) is 5.11 Å². The number of halogens is 6. The first-order chi connectivity index (χ1) is 8.43. The molecule has 0 aromatic heterocycles. The van der Waals surface area contributed by atoms with Crippen molar-refractivity contribution in [2.75, 3.05) is 0 Å². The molecule has 1 amide bonds. The number of hydrogen-bond donors (Lipinski definition) is 2. The molecule has 1 aliphatic carbocycles. The first-order valence-electron chi connectivity index (χ1n) is 5.12. The predicted octanol–water partition coefficient (Wildman–Crippen LogP) is 1.85. The van der Waals surface area contributed by atoms with Crippen molar-refractivity contribution in [2.45, 2.75) is 37.2 Å². The first-order valence-corrected chi connectivity index (χ1v) is 5.12. The summed E-state index contributed by atoms with van der Waals surface area (Å²) in [5.41, 5.74) is -3.89. The SMILES string of the molecule is O=C(NC(C(=O)O)(C1CCC1)C(F)(F)F)C(F)(F)F. The van der Waals surface area contributed by atoms with Gasteiger partial charge in [0.1, 0.15) is 0 Å². The van der Waals surface area contributed by atoms with Crippen LogP contribution in [0.3, 0.4) is 0 Å². The van der Waals surface area contributed by atoms with Crippen molar-refractivity contribution in [3.05, 3.63) is 0 Å². The molecule has 1 rings (SSSR count). The van der Waals surface area contributed by atoms with Crippen LogP contribution in [0.1, 0.15) is 19.3 Å². The summed E-state index contributed by atoms with van der Waals surface area (Å²) in [6.45, 7) is 0. The molecular weight excluding hydrogens is 284 g/mol. The molecule has 2 N–H and O–H groups in total. The van der Waals surface area contributed by atoms with Crippen LogP contribution in [0.15, 0.2) is 0 Å². The van der Waals surface area contributed by atoms with Gasteiger partial charge in [0.2, 0.25) is 5.54 Å². The normalized spacial score (nSPS) is 20.3. The molecule has 0 heterocycles. The zero-order chi connectivity index (χ0) is 15.1. The minimum Gasteiger partial charge on any atom is -0.479 e. The van der Waals surface area contributed by atoms with E-state index in [0.29, 0.717) is 5.32 Å². The number of carboxylic acid groups (broad SMARTS) is 1. The molecule has 0 spiro atoms. The van der Waals surface area contributed by atoms with Crippen LogP contribution < -0.4 is 5.32 Å². The number of carbonyl (C=O) groups excluding carboxylic acids is 1.